The molecule has 0 bridgehead atoms. The van der Waals surface area contributed by atoms with E-state index in [0.717, 1.165) is 58.6 Å². The standard InChI is InChI=1S/C36H46ClN3O6S2/c1-6-38-46-48(44,45)25-23-40-31-17-10-8-15-29(31)36(4,5)33(40)21-19-27-13-11-12-26(34(27)37)18-20-32-35(2,3)28-14-7-9-16-30(28)39(32)22-24-47(41,42)43/h7-10,14-21,32,38H,6,11-13,22-25H2,1-5H3,(H,41,42,43)/p-1/b20-18+,27-19+,33-21+. The van der Waals surface area contributed by atoms with Crippen molar-refractivity contribution >= 4 is 43.2 Å². The van der Waals surface area contributed by atoms with Crippen LogP contribution in [0.3, 0.4) is 0 Å². The number of hydroxylamine groups is 1. The molecule has 3 aliphatic rings. The average Bonchev–Trinajstić information content (AvgIpc) is 3.38. The molecular weight excluding hydrogens is 670 g/mol. The van der Waals surface area contributed by atoms with E-state index in [0.29, 0.717) is 11.6 Å². The minimum absolute atomic E-state index is 0.101. The summed E-state index contributed by atoms with van der Waals surface area (Å²) in [6.45, 7) is 11.0. The van der Waals surface area contributed by atoms with Crippen LogP contribution in [0.2, 0.25) is 0 Å². The Labute approximate surface area is 290 Å². The maximum atomic E-state index is 12.6. The summed E-state index contributed by atoms with van der Waals surface area (Å²) in [4.78, 5) is 4.06. The molecule has 12 heteroatoms. The molecular formula is C36H45ClN3O6S2-. The molecule has 0 saturated heterocycles. The van der Waals surface area contributed by atoms with Gasteiger partial charge in [0.25, 0.3) is 10.1 Å². The largest absolute Gasteiger partial charge is 0.748 e. The zero-order valence-corrected chi connectivity index (χ0v) is 30.6. The van der Waals surface area contributed by atoms with Crippen LogP contribution in [0.1, 0.15) is 65.0 Å². The number of para-hydroxylation sites is 2. The lowest BCUT2D eigenvalue weighted by Gasteiger charge is -2.33. The molecule has 1 atom stereocenters. The fraction of sp³-hybridized carbons (Fsp3) is 0.444. The van der Waals surface area contributed by atoms with Crippen LogP contribution in [0.4, 0.5) is 11.4 Å². The van der Waals surface area contributed by atoms with Crippen LogP contribution < -0.4 is 15.3 Å². The number of rotatable bonds is 12. The van der Waals surface area contributed by atoms with E-state index in [4.69, 9.17) is 15.9 Å². The zero-order chi connectivity index (χ0) is 34.9. The van der Waals surface area contributed by atoms with Crippen molar-refractivity contribution in [2.24, 2.45) is 0 Å². The molecule has 1 unspecified atom stereocenters. The molecule has 1 N–H and O–H groups in total. The second-order valence-electron chi connectivity index (χ2n) is 13.6. The molecule has 2 heterocycles. The van der Waals surface area contributed by atoms with Gasteiger partial charge in [-0.3, -0.25) is 0 Å². The lowest BCUT2D eigenvalue weighted by molar-refractivity contribution is 0.210. The van der Waals surface area contributed by atoms with Crippen LogP contribution in [0.5, 0.6) is 0 Å². The Morgan fingerprint density at radius 3 is 2.29 bits per heavy atom. The van der Waals surface area contributed by atoms with E-state index in [1.807, 2.05) is 41.3 Å². The van der Waals surface area contributed by atoms with Crippen molar-refractivity contribution in [2.45, 2.75) is 70.8 Å². The minimum Gasteiger partial charge on any atom is -0.748 e. The summed E-state index contributed by atoms with van der Waals surface area (Å²) >= 11 is 7.08. The van der Waals surface area contributed by atoms with Crippen molar-refractivity contribution in [1.82, 2.24) is 5.48 Å². The number of fused-ring (bicyclic) bond motifs is 2. The maximum absolute atomic E-state index is 12.6. The van der Waals surface area contributed by atoms with Crippen molar-refractivity contribution < 1.29 is 25.7 Å². The summed E-state index contributed by atoms with van der Waals surface area (Å²) in [5.41, 5.74) is 8.81. The first-order chi connectivity index (χ1) is 22.6. The molecule has 0 amide bonds. The van der Waals surface area contributed by atoms with Crippen LogP contribution in [-0.2, 0) is 35.4 Å². The van der Waals surface area contributed by atoms with Crippen LogP contribution in [0, 0.1) is 0 Å². The van der Waals surface area contributed by atoms with E-state index in [1.165, 1.54) is 0 Å². The van der Waals surface area contributed by atoms with Gasteiger partial charge in [0.05, 0.1) is 27.7 Å². The Morgan fingerprint density at radius 2 is 1.60 bits per heavy atom. The highest BCUT2D eigenvalue weighted by molar-refractivity contribution is 7.86. The van der Waals surface area contributed by atoms with Gasteiger partial charge in [-0.1, -0.05) is 101 Å². The second kappa shape index (κ2) is 14.1. The lowest BCUT2D eigenvalue weighted by Crippen LogP contribution is -2.42. The number of halogens is 1. The molecule has 1 aliphatic carbocycles. The Kier molecular flexibility index (Phi) is 10.7. The minimum atomic E-state index is -4.39. The third-order valence-corrected chi connectivity index (χ3v) is 11.9. The van der Waals surface area contributed by atoms with Crippen molar-refractivity contribution in [3.05, 3.63) is 106 Å². The van der Waals surface area contributed by atoms with Crippen molar-refractivity contribution in [2.75, 3.05) is 40.9 Å². The highest BCUT2D eigenvalue weighted by Gasteiger charge is 2.43. The maximum Gasteiger partial charge on any atom is 0.284 e. The first-order valence-corrected chi connectivity index (χ1v) is 19.9. The summed E-state index contributed by atoms with van der Waals surface area (Å²) in [7, 11) is -8.17. The van der Waals surface area contributed by atoms with Crippen molar-refractivity contribution in [1.29, 1.82) is 0 Å². The van der Waals surface area contributed by atoms with Crippen LogP contribution in [-0.4, -0.2) is 58.6 Å². The number of nitrogens with zero attached hydrogens (tertiary/aromatic N) is 2. The summed E-state index contributed by atoms with van der Waals surface area (Å²) in [6, 6.07) is 15.8. The van der Waals surface area contributed by atoms with E-state index in [9.17, 15) is 21.4 Å². The van der Waals surface area contributed by atoms with E-state index in [1.54, 1.807) is 6.92 Å². The monoisotopic (exact) mass is 714 g/mol. The van der Waals surface area contributed by atoms with Gasteiger partial charge in [0, 0.05) is 52.6 Å². The van der Waals surface area contributed by atoms with Crippen LogP contribution >= 0.6 is 11.6 Å². The SMILES string of the molecule is CCNOS(=O)(=O)CCN1/C(=C/C=C2\CCCC(/C=C/C3N(CCS(=O)(=O)[O-])c4ccccc4C3(C)C)=C2Cl)C(C)(C)c2ccccc21. The van der Waals surface area contributed by atoms with Gasteiger partial charge in [-0.15, -0.1) is 0 Å². The average molecular weight is 715 g/mol. The normalized spacial score (nSPS) is 22.3. The number of allylic oxidation sites excluding steroid dienone is 7. The van der Waals surface area contributed by atoms with E-state index in [-0.39, 0.29) is 35.7 Å². The fourth-order valence-electron chi connectivity index (χ4n) is 7.15. The third kappa shape index (κ3) is 7.61. The highest BCUT2D eigenvalue weighted by Crippen LogP contribution is 2.48. The Balaban J connectivity index is 1.45. The Morgan fingerprint density at radius 1 is 0.938 bits per heavy atom. The van der Waals surface area contributed by atoms with Gasteiger partial charge >= 0.3 is 0 Å². The lowest BCUT2D eigenvalue weighted by atomic mass is 9.80. The molecule has 0 aromatic heterocycles. The Bertz CT molecular complexity index is 1880. The van der Waals surface area contributed by atoms with Gasteiger partial charge < -0.3 is 14.4 Å². The van der Waals surface area contributed by atoms with Crippen molar-refractivity contribution in [3.8, 4) is 0 Å². The third-order valence-electron chi connectivity index (χ3n) is 9.64. The molecule has 5 rings (SSSR count). The van der Waals surface area contributed by atoms with Gasteiger partial charge in [0.1, 0.15) is 0 Å². The Hall–Kier alpha value is -2.93. The number of benzene rings is 2. The van der Waals surface area contributed by atoms with Gasteiger partial charge in [-0.05, 0) is 59.7 Å². The second-order valence-corrected chi connectivity index (χ2v) is 17.2. The first kappa shape index (κ1) is 36.4. The molecule has 0 fully saturated rings. The molecule has 2 aliphatic heterocycles. The van der Waals surface area contributed by atoms with E-state index < -0.39 is 26.0 Å². The first-order valence-electron chi connectivity index (χ1n) is 16.4. The number of hydrogen-bond donors (Lipinski definition) is 1. The molecule has 2 aromatic rings. The number of hydrogen-bond acceptors (Lipinski definition) is 9. The molecule has 0 spiro atoms. The molecule has 0 saturated carbocycles. The summed E-state index contributed by atoms with van der Waals surface area (Å²) in [5.74, 6) is -0.661. The van der Waals surface area contributed by atoms with Crippen LogP contribution in [0.25, 0.3) is 0 Å². The van der Waals surface area contributed by atoms with E-state index in [2.05, 4.69) is 74.5 Å². The van der Waals surface area contributed by atoms with Gasteiger partial charge in [0.2, 0.25) is 0 Å². The predicted molar refractivity (Wildman–Crippen MR) is 193 cm³/mol. The molecule has 9 nitrogen and oxygen atoms in total. The fourth-order valence-corrected chi connectivity index (χ4v) is 8.67. The number of nitrogens with one attached hydrogen (secondary N) is 1. The van der Waals surface area contributed by atoms with Gasteiger partial charge in [-0.2, -0.15) is 18.2 Å². The van der Waals surface area contributed by atoms with E-state index >= 15 is 0 Å². The number of anilines is 2. The topological polar surface area (TPSA) is 119 Å². The van der Waals surface area contributed by atoms with Crippen molar-refractivity contribution in [3.63, 3.8) is 0 Å². The van der Waals surface area contributed by atoms with Gasteiger partial charge in [0.15, 0.2) is 0 Å². The summed E-state index contributed by atoms with van der Waals surface area (Å²) in [6.07, 6.45) is 10.8. The molecule has 48 heavy (non-hydrogen) atoms. The molecule has 2 aromatic carbocycles. The summed E-state index contributed by atoms with van der Waals surface area (Å²) in [5, 5.41) is 0.679. The predicted octanol–water partition coefficient (Wildman–Crippen LogP) is 6.41. The zero-order valence-electron chi connectivity index (χ0n) is 28.2. The molecule has 260 valence electrons. The quantitative estimate of drug-likeness (QED) is 0.197. The summed E-state index contributed by atoms with van der Waals surface area (Å²) < 4.78 is 64.8. The van der Waals surface area contributed by atoms with Crippen LogP contribution in [0.15, 0.2) is 94.7 Å². The smallest absolute Gasteiger partial charge is 0.284 e. The molecule has 0 radical (unpaired) electrons. The van der Waals surface area contributed by atoms with Gasteiger partial charge in [-0.25, -0.2) is 8.42 Å². The highest BCUT2D eigenvalue weighted by atomic mass is 35.5.